The van der Waals surface area contributed by atoms with E-state index in [1.165, 1.54) is 16.7 Å². The number of rotatable bonds is 2. The molecule has 1 N–H and O–H groups in total. The lowest BCUT2D eigenvalue weighted by atomic mass is 9.56. The van der Waals surface area contributed by atoms with Gasteiger partial charge in [-0.25, -0.2) is 0 Å². The molecule has 0 aromatic heterocycles. The lowest BCUT2D eigenvalue weighted by molar-refractivity contribution is -0.114. The van der Waals surface area contributed by atoms with E-state index in [1.807, 2.05) is 6.08 Å². The molecule has 0 aromatic carbocycles. The molecule has 0 saturated heterocycles. The normalized spacial score (nSPS) is 42.2. The molecule has 0 bridgehead atoms. The molecule has 4 unspecified atom stereocenters. The minimum atomic E-state index is -0.530. The smallest absolute Gasteiger partial charge is 0.156 e. The summed E-state index contributed by atoms with van der Waals surface area (Å²) in [6.45, 7) is 4.38. The van der Waals surface area contributed by atoms with Gasteiger partial charge in [-0.05, 0) is 79.6 Å². The van der Waals surface area contributed by atoms with Crippen molar-refractivity contribution in [1.82, 2.24) is 0 Å². The Kier molecular flexibility index (Phi) is 3.46. The van der Waals surface area contributed by atoms with Gasteiger partial charge < -0.3 is 5.11 Å². The maximum absolute atomic E-state index is 11.7. The Bertz CT molecular complexity index is 638. The van der Waals surface area contributed by atoms with Crippen molar-refractivity contribution in [3.63, 3.8) is 0 Å². The average Bonchev–Trinajstić information content (AvgIpc) is 2.88. The van der Waals surface area contributed by atoms with E-state index >= 15 is 0 Å². The lowest BCUT2D eigenvalue weighted by Crippen LogP contribution is -2.48. The molecule has 2 nitrogen and oxygen atoms in total. The highest BCUT2D eigenvalue weighted by molar-refractivity contribution is 5.93. The minimum Gasteiger partial charge on any atom is -0.389 e. The Morgan fingerprint density at radius 3 is 2.74 bits per heavy atom. The predicted octanol–water partition coefficient (Wildman–Crippen LogP) is 4.50. The molecule has 0 aliphatic heterocycles. The number of carbonyl (C=O) groups excluding carboxylic acids is 1. The highest BCUT2D eigenvalue weighted by atomic mass is 16.3. The third-order valence-corrected chi connectivity index (χ3v) is 7.43. The van der Waals surface area contributed by atoms with Crippen molar-refractivity contribution in [2.24, 2.45) is 17.3 Å². The van der Waals surface area contributed by atoms with Gasteiger partial charge >= 0.3 is 0 Å². The summed E-state index contributed by atoms with van der Waals surface area (Å²) in [4.78, 5) is 11.7. The molecule has 4 aliphatic carbocycles. The van der Waals surface area contributed by atoms with Crippen molar-refractivity contribution < 1.29 is 9.90 Å². The molecular formula is C21H28O2. The van der Waals surface area contributed by atoms with Crippen LogP contribution in [-0.2, 0) is 4.79 Å². The van der Waals surface area contributed by atoms with Gasteiger partial charge in [0.15, 0.2) is 5.78 Å². The van der Waals surface area contributed by atoms with Crippen molar-refractivity contribution in [2.75, 3.05) is 0 Å². The maximum Gasteiger partial charge on any atom is 0.156 e. The fourth-order valence-corrected chi connectivity index (χ4v) is 6.17. The zero-order valence-electron chi connectivity index (χ0n) is 14.4. The van der Waals surface area contributed by atoms with Gasteiger partial charge in [0.1, 0.15) is 0 Å². The Morgan fingerprint density at radius 2 is 2.00 bits per heavy atom. The number of hydrogen-bond acceptors (Lipinski definition) is 2. The fourth-order valence-electron chi connectivity index (χ4n) is 6.17. The zero-order chi connectivity index (χ0) is 16.2. The number of fused-ring (bicyclic) bond motifs is 4. The molecule has 4 rings (SSSR count). The number of carbonyl (C=O) groups is 1. The summed E-state index contributed by atoms with van der Waals surface area (Å²) in [5, 5.41) is 11.3. The van der Waals surface area contributed by atoms with E-state index in [2.05, 4.69) is 26.0 Å². The number of ketones is 1. The summed E-state index contributed by atoms with van der Waals surface area (Å²) in [5.41, 5.74) is 3.67. The summed E-state index contributed by atoms with van der Waals surface area (Å²) in [6, 6.07) is 0. The first-order valence-corrected chi connectivity index (χ1v) is 9.43. The Balaban J connectivity index is 1.83. The second-order valence-corrected chi connectivity index (χ2v) is 7.97. The van der Waals surface area contributed by atoms with Crippen molar-refractivity contribution in [2.45, 2.75) is 70.8 Å². The number of allylic oxidation sites excluding steroid dienone is 5. The first-order chi connectivity index (χ1) is 11.0. The van der Waals surface area contributed by atoms with Gasteiger partial charge in [0.2, 0.25) is 0 Å². The first-order valence-electron chi connectivity index (χ1n) is 9.43. The molecule has 0 heterocycles. The average molecular weight is 312 g/mol. The van der Waals surface area contributed by atoms with Crippen LogP contribution in [0, 0.1) is 17.3 Å². The van der Waals surface area contributed by atoms with Gasteiger partial charge in [0, 0.05) is 11.8 Å². The van der Waals surface area contributed by atoms with Crippen molar-refractivity contribution in [3.05, 3.63) is 34.9 Å². The van der Waals surface area contributed by atoms with Crippen molar-refractivity contribution in [1.29, 1.82) is 0 Å². The van der Waals surface area contributed by atoms with Crippen LogP contribution in [0.5, 0.6) is 0 Å². The summed E-state index contributed by atoms with van der Waals surface area (Å²) in [5.74, 6) is 1.46. The molecule has 2 heteroatoms. The van der Waals surface area contributed by atoms with Crippen LogP contribution in [-0.4, -0.2) is 16.5 Å². The predicted molar refractivity (Wildman–Crippen MR) is 91.9 cm³/mol. The molecule has 0 aromatic rings. The molecule has 23 heavy (non-hydrogen) atoms. The largest absolute Gasteiger partial charge is 0.389 e. The van der Waals surface area contributed by atoms with E-state index in [9.17, 15) is 9.90 Å². The van der Waals surface area contributed by atoms with Gasteiger partial charge in [-0.1, -0.05) is 26.0 Å². The molecule has 0 amide bonds. The Morgan fingerprint density at radius 1 is 1.17 bits per heavy atom. The maximum atomic E-state index is 11.7. The number of hydrogen-bond donors (Lipinski definition) is 1. The first kappa shape index (κ1) is 15.4. The number of aliphatic hydroxyl groups is 1. The van der Waals surface area contributed by atoms with E-state index in [-0.39, 0.29) is 5.41 Å². The van der Waals surface area contributed by atoms with E-state index in [4.69, 9.17) is 0 Å². The molecule has 4 atom stereocenters. The van der Waals surface area contributed by atoms with Gasteiger partial charge in [-0.2, -0.15) is 0 Å². The van der Waals surface area contributed by atoms with E-state index in [0.717, 1.165) is 44.9 Å². The molecule has 0 radical (unpaired) electrons. The second kappa shape index (κ2) is 5.17. The van der Waals surface area contributed by atoms with Crippen LogP contribution in [0.15, 0.2) is 34.9 Å². The van der Waals surface area contributed by atoms with E-state index < -0.39 is 5.60 Å². The quantitative estimate of drug-likeness (QED) is 0.815. The molecule has 0 spiro atoms. The summed E-state index contributed by atoms with van der Waals surface area (Å²) in [6.07, 6.45) is 14.3. The molecule has 124 valence electrons. The molecule has 1 saturated carbocycles. The van der Waals surface area contributed by atoms with E-state index in [1.54, 1.807) is 0 Å². The highest BCUT2D eigenvalue weighted by Crippen LogP contribution is 2.63. The van der Waals surface area contributed by atoms with Crippen LogP contribution in [0.2, 0.25) is 0 Å². The van der Waals surface area contributed by atoms with Crippen LogP contribution in [0.3, 0.4) is 0 Å². The third-order valence-electron chi connectivity index (χ3n) is 7.43. The third kappa shape index (κ3) is 1.94. The zero-order valence-corrected chi connectivity index (χ0v) is 14.4. The van der Waals surface area contributed by atoms with Crippen molar-refractivity contribution >= 4 is 5.78 Å². The second-order valence-electron chi connectivity index (χ2n) is 7.97. The van der Waals surface area contributed by atoms with Gasteiger partial charge in [0.05, 0.1) is 5.60 Å². The highest BCUT2D eigenvalue weighted by Gasteiger charge is 2.59. The van der Waals surface area contributed by atoms with Crippen LogP contribution < -0.4 is 0 Å². The van der Waals surface area contributed by atoms with Gasteiger partial charge in [0.25, 0.3) is 0 Å². The van der Waals surface area contributed by atoms with Gasteiger partial charge in [-0.3, -0.25) is 4.79 Å². The van der Waals surface area contributed by atoms with Crippen LogP contribution in [0.1, 0.15) is 65.2 Å². The standard InChI is InChI=1S/C21H28O2/c1-3-20-11-9-17-16-8-6-15(22)13-14(16)5-7-18(17)19(20)10-12-21(20,23)4-2/h9,11,13,18-19,23H,3-8,10,12H2,1-2H3. The molecule has 4 aliphatic rings. The molecule has 1 fully saturated rings. The summed E-state index contributed by atoms with van der Waals surface area (Å²) < 4.78 is 0. The Hall–Kier alpha value is -1.15. The monoisotopic (exact) mass is 312 g/mol. The van der Waals surface area contributed by atoms with Crippen LogP contribution in [0.4, 0.5) is 0 Å². The van der Waals surface area contributed by atoms with Crippen molar-refractivity contribution in [3.8, 4) is 0 Å². The lowest BCUT2D eigenvalue weighted by Gasteiger charge is -2.50. The minimum absolute atomic E-state index is 0.0395. The molecular weight excluding hydrogens is 284 g/mol. The summed E-state index contributed by atoms with van der Waals surface area (Å²) in [7, 11) is 0. The van der Waals surface area contributed by atoms with Gasteiger partial charge in [-0.15, -0.1) is 0 Å². The van der Waals surface area contributed by atoms with Crippen LogP contribution >= 0.6 is 0 Å². The van der Waals surface area contributed by atoms with Crippen LogP contribution in [0.25, 0.3) is 0 Å². The SMILES string of the molecule is CCC1(O)CCC2C3CCC4=CC(=O)CCC4=C3C=CC21CC. The fraction of sp³-hybridized carbons (Fsp3) is 0.667. The Labute approximate surface area is 139 Å². The topological polar surface area (TPSA) is 37.3 Å². The summed E-state index contributed by atoms with van der Waals surface area (Å²) >= 11 is 0. The van der Waals surface area contributed by atoms with E-state index in [0.29, 0.717) is 24.0 Å².